The molecule has 3 aromatic rings. The van der Waals surface area contributed by atoms with Gasteiger partial charge in [0.2, 0.25) is 5.91 Å². The fourth-order valence-corrected chi connectivity index (χ4v) is 3.20. The number of ketones is 1. The van der Waals surface area contributed by atoms with E-state index in [1.54, 1.807) is 55.5 Å². The van der Waals surface area contributed by atoms with Crippen LogP contribution >= 0.6 is 0 Å². The van der Waals surface area contributed by atoms with Gasteiger partial charge in [0.05, 0.1) is 5.92 Å². The fourth-order valence-electron chi connectivity index (χ4n) is 3.20. The Morgan fingerprint density at radius 2 is 1.43 bits per heavy atom. The van der Waals surface area contributed by atoms with Crippen molar-refractivity contribution in [1.29, 1.82) is 0 Å². The summed E-state index contributed by atoms with van der Waals surface area (Å²) in [6, 6.07) is 23.9. The first kappa shape index (κ1) is 21.0. The van der Waals surface area contributed by atoms with Crippen LogP contribution in [0.3, 0.4) is 0 Å². The van der Waals surface area contributed by atoms with Gasteiger partial charge in [-0.25, -0.2) is 4.79 Å². The van der Waals surface area contributed by atoms with Crippen LogP contribution < -0.4 is 5.32 Å². The molecule has 2 N–H and O–H groups in total. The Labute approximate surface area is 175 Å². The molecular formula is C25H23NO4. The molecular weight excluding hydrogens is 378 g/mol. The molecule has 3 rings (SSSR count). The second kappa shape index (κ2) is 9.65. The molecule has 0 fully saturated rings. The van der Waals surface area contributed by atoms with Gasteiger partial charge >= 0.3 is 5.97 Å². The van der Waals surface area contributed by atoms with E-state index in [2.05, 4.69) is 5.32 Å². The molecule has 1 amide bonds. The van der Waals surface area contributed by atoms with Crippen LogP contribution in [0.4, 0.5) is 0 Å². The van der Waals surface area contributed by atoms with Gasteiger partial charge in [-0.15, -0.1) is 0 Å². The van der Waals surface area contributed by atoms with Crippen molar-refractivity contribution in [1.82, 2.24) is 5.32 Å². The van der Waals surface area contributed by atoms with Gasteiger partial charge in [-0.2, -0.15) is 0 Å². The minimum Gasteiger partial charge on any atom is -0.480 e. The molecule has 0 heterocycles. The van der Waals surface area contributed by atoms with E-state index in [1.165, 1.54) is 0 Å². The van der Waals surface area contributed by atoms with Crippen LogP contribution in [0.15, 0.2) is 84.9 Å². The van der Waals surface area contributed by atoms with Crippen molar-refractivity contribution < 1.29 is 19.5 Å². The summed E-state index contributed by atoms with van der Waals surface area (Å²) >= 11 is 0. The summed E-state index contributed by atoms with van der Waals surface area (Å²) in [5, 5.41) is 12.1. The molecule has 1 unspecified atom stereocenters. The molecule has 0 saturated heterocycles. The predicted molar refractivity (Wildman–Crippen MR) is 114 cm³/mol. The summed E-state index contributed by atoms with van der Waals surface area (Å²) in [4.78, 5) is 37.1. The van der Waals surface area contributed by atoms with Gasteiger partial charge in [0, 0.05) is 17.5 Å². The van der Waals surface area contributed by atoms with E-state index < -0.39 is 23.8 Å². The standard InChI is InChI=1S/C25H23NO4/c1-17(24(28)26-22(25(29)30)15-18-9-4-2-5-10-18)20-13-8-14-21(16-20)23(27)19-11-6-3-7-12-19/h2-14,16-17,22H,15H2,1H3,(H,26,28)(H,29,30)/t17?,22-/m0/s1. The van der Waals surface area contributed by atoms with E-state index in [-0.39, 0.29) is 12.2 Å². The smallest absolute Gasteiger partial charge is 0.326 e. The summed E-state index contributed by atoms with van der Waals surface area (Å²) in [5.41, 5.74) is 2.53. The lowest BCUT2D eigenvalue weighted by Gasteiger charge is -2.18. The zero-order valence-electron chi connectivity index (χ0n) is 16.6. The van der Waals surface area contributed by atoms with E-state index in [0.717, 1.165) is 5.56 Å². The molecule has 0 radical (unpaired) electrons. The highest BCUT2D eigenvalue weighted by molar-refractivity contribution is 6.09. The third-order valence-corrected chi connectivity index (χ3v) is 4.98. The van der Waals surface area contributed by atoms with Crippen LogP contribution in [0.5, 0.6) is 0 Å². The normalized spacial score (nSPS) is 12.6. The number of carbonyl (C=O) groups excluding carboxylic acids is 2. The molecule has 152 valence electrons. The monoisotopic (exact) mass is 401 g/mol. The molecule has 3 aromatic carbocycles. The summed E-state index contributed by atoms with van der Waals surface area (Å²) in [6.45, 7) is 1.70. The van der Waals surface area contributed by atoms with E-state index in [1.807, 2.05) is 36.4 Å². The Bertz CT molecular complexity index is 1030. The number of rotatable bonds is 8. The number of benzene rings is 3. The van der Waals surface area contributed by atoms with Crippen LogP contribution in [0.25, 0.3) is 0 Å². The van der Waals surface area contributed by atoms with Crippen molar-refractivity contribution in [3.63, 3.8) is 0 Å². The largest absolute Gasteiger partial charge is 0.480 e. The number of hydrogen-bond donors (Lipinski definition) is 2. The van der Waals surface area contributed by atoms with Crippen molar-refractivity contribution >= 4 is 17.7 Å². The Morgan fingerprint density at radius 1 is 0.833 bits per heavy atom. The molecule has 0 aliphatic carbocycles. The average molecular weight is 401 g/mol. The van der Waals surface area contributed by atoms with Crippen molar-refractivity contribution in [3.8, 4) is 0 Å². The van der Waals surface area contributed by atoms with E-state index >= 15 is 0 Å². The van der Waals surface area contributed by atoms with Gasteiger partial charge < -0.3 is 10.4 Å². The number of amides is 1. The number of carboxylic acids is 1. The molecule has 0 aliphatic heterocycles. The van der Waals surface area contributed by atoms with Crippen LogP contribution in [-0.2, 0) is 16.0 Å². The Kier molecular flexibility index (Phi) is 6.75. The number of nitrogens with one attached hydrogen (secondary N) is 1. The van der Waals surface area contributed by atoms with Crippen LogP contribution in [-0.4, -0.2) is 28.8 Å². The van der Waals surface area contributed by atoms with Gasteiger partial charge in [-0.05, 0) is 24.1 Å². The van der Waals surface area contributed by atoms with Gasteiger partial charge in [0.15, 0.2) is 5.78 Å². The highest BCUT2D eigenvalue weighted by Gasteiger charge is 2.24. The SMILES string of the molecule is CC(C(=O)N[C@@H](Cc1ccccc1)C(=O)O)c1cccc(C(=O)c2ccccc2)c1. The molecule has 0 bridgehead atoms. The quantitative estimate of drug-likeness (QED) is 0.562. The van der Waals surface area contributed by atoms with Gasteiger partial charge in [-0.3, -0.25) is 9.59 Å². The molecule has 0 aromatic heterocycles. The van der Waals surface area contributed by atoms with E-state index in [9.17, 15) is 19.5 Å². The fraction of sp³-hybridized carbons (Fsp3) is 0.160. The molecule has 30 heavy (non-hydrogen) atoms. The minimum atomic E-state index is -1.09. The molecule has 5 nitrogen and oxygen atoms in total. The third kappa shape index (κ3) is 5.20. The highest BCUT2D eigenvalue weighted by atomic mass is 16.4. The molecule has 0 spiro atoms. The maximum atomic E-state index is 12.7. The first-order valence-corrected chi connectivity index (χ1v) is 9.72. The van der Waals surface area contributed by atoms with Crippen LogP contribution in [0.1, 0.15) is 39.9 Å². The molecule has 0 saturated carbocycles. The number of carboxylic acid groups (broad SMARTS) is 1. The van der Waals surface area contributed by atoms with Gasteiger partial charge in [-0.1, -0.05) is 78.9 Å². The number of aliphatic carboxylic acids is 1. The number of hydrogen-bond acceptors (Lipinski definition) is 3. The van der Waals surface area contributed by atoms with Crippen molar-refractivity contribution in [2.75, 3.05) is 0 Å². The lowest BCUT2D eigenvalue weighted by Crippen LogP contribution is -2.44. The first-order chi connectivity index (χ1) is 14.5. The molecule has 0 aliphatic rings. The Morgan fingerprint density at radius 3 is 2.07 bits per heavy atom. The Balaban J connectivity index is 1.73. The van der Waals surface area contributed by atoms with E-state index in [0.29, 0.717) is 16.7 Å². The van der Waals surface area contributed by atoms with Crippen molar-refractivity contribution in [2.24, 2.45) is 0 Å². The predicted octanol–water partition coefficient (Wildman–Crippen LogP) is 3.83. The molecule has 5 heteroatoms. The average Bonchev–Trinajstić information content (AvgIpc) is 2.78. The zero-order chi connectivity index (χ0) is 21.5. The topological polar surface area (TPSA) is 83.5 Å². The molecule has 2 atom stereocenters. The van der Waals surface area contributed by atoms with Gasteiger partial charge in [0.25, 0.3) is 0 Å². The third-order valence-electron chi connectivity index (χ3n) is 4.98. The highest BCUT2D eigenvalue weighted by Crippen LogP contribution is 2.19. The van der Waals surface area contributed by atoms with E-state index in [4.69, 9.17) is 0 Å². The summed E-state index contributed by atoms with van der Waals surface area (Å²) < 4.78 is 0. The zero-order valence-corrected chi connectivity index (χ0v) is 16.6. The lowest BCUT2D eigenvalue weighted by atomic mass is 9.94. The summed E-state index contributed by atoms with van der Waals surface area (Å²) in [7, 11) is 0. The maximum Gasteiger partial charge on any atom is 0.326 e. The second-order valence-electron chi connectivity index (χ2n) is 7.13. The summed E-state index contributed by atoms with van der Waals surface area (Å²) in [5.74, 6) is -2.22. The minimum absolute atomic E-state index is 0.127. The van der Waals surface area contributed by atoms with Gasteiger partial charge in [0.1, 0.15) is 6.04 Å². The Hall–Kier alpha value is -3.73. The maximum absolute atomic E-state index is 12.7. The van der Waals surface area contributed by atoms with Crippen LogP contribution in [0.2, 0.25) is 0 Å². The number of carbonyl (C=O) groups is 3. The van der Waals surface area contributed by atoms with Crippen molar-refractivity contribution in [3.05, 3.63) is 107 Å². The first-order valence-electron chi connectivity index (χ1n) is 9.72. The summed E-state index contributed by atoms with van der Waals surface area (Å²) in [6.07, 6.45) is 0.196. The lowest BCUT2D eigenvalue weighted by molar-refractivity contribution is -0.141. The second-order valence-corrected chi connectivity index (χ2v) is 7.13. The van der Waals surface area contributed by atoms with Crippen LogP contribution in [0, 0.1) is 0 Å². The van der Waals surface area contributed by atoms with Crippen molar-refractivity contribution in [2.45, 2.75) is 25.3 Å².